The van der Waals surface area contributed by atoms with Crippen molar-refractivity contribution in [1.29, 1.82) is 0 Å². The second-order valence-corrected chi connectivity index (χ2v) is 7.37. The van der Waals surface area contributed by atoms with E-state index in [4.69, 9.17) is 0 Å². The van der Waals surface area contributed by atoms with Crippen LogP contribution in [-0.2, 0) is 4.79 Å². The highest BCUT2D eigenvalue weighted by Gasteiger charge is 2.15. The van der Waals surface area contributed by atoms with E-state index in [2.05, 4.69) is 47.6 Å². The number of rotatable bonds is 7. The largest absolute Gasteiger partial charge is 0.351 e. The highest BCUT2D eigenvalue weighted by molar-refractivity contribution is 7.10. The van der Waals surface area contributed by atoms with Gasteiger partial charge in [-0.15, -0.1) is 11.3 Å². The van der Waals surface area contributed by atoms with Crippen molar-refractivity contribution in [3.63, 3.8) is 0 Å². The molecule has 0 aliphatic heterocycles. The lowest BCUT2D eigenvalue weighted by molar-refractivity contribution is -0.116. The molecular formula is C20H26N2OS. The van der Waals surface area contributed by atoms with Gasteiger partial charge >= 0.3 is 0 Å². The number of hydrogen-bond donors (Lipinski definition) is 1. The predicted molar refractivity (Wildman–Crippen MR) is 103 cm³/mol. The van der Waals surface area contributed by atoms with Crippen molar-refractivity contribution in [3.05, 3.63) is 63.9 Å². The van der Waals surface area contributed by atoms with Gasteiger partial charge in [0, 0.05) is 17.5 Å². The van der Waals surface area contributed by atoms with Crippen LogP contribution in [0, 0.1) is 0 Å². The van der Waals surface area contributed by atoms with Crippen LogP contribution >= 0.6 is 11.3 Å². The van der Waals surface area contributed by atoms with Crippen LogP contribution in [0.4, 0.5) is 0 Å². The summed E-state index contributed by atoms with van der Waals surface area (Å²) in [7, 11) is 4.06. The molecule has 0 saturated heterocycles. The van der Waals surface area contributed by atoms with Gasteiger partial charge in [0.25, 0.3) is 0 Å². The fourth-order valence-corrected chi connectivity index (χ4v) is 3.36. The summed E-state index contributed by atoms with van der Waals surface area (Å²) in [6, 6.07) is 12.7. The van der Waals surface area contributed by atoms with E-state index in [1.165, 1.54) is 10.4 Å². The maximum Gasteiger partial charge on any atom is 0.244 e. The number of amides is 1. The van der Waals surface area contributed by atoms with Gasteiger partial charge in [-0.1, -0.05) is 44.2 Å². The van der Waals surface area contributed by atoms with Crippen molar-refractivity contribution in [1.82, 2.24) is 10.2 Å². The Labute approximate surface area is 149 Å². The minimum absolute atomic E-state index is 0.0636. The first-order valence-corrected chi connectivity index (χ1v) is 9.11. The van der Waals surface area contributed by atoms with E-state index in [1.54, 1.807) is 17.4 Å². The van der Waals surface area contributed by atoms with Gasteiger partial charge in [-0.2, -0.15) is 0 Å². The van der Waals surface area contributed by atoms with Gasteiger partial charge in [-0.3, -0.25) is 4.79 Å². The normalized spacial score (nSPS) is 12.9. The third kappa shape index (κ3) is 5.32. The minimum Gasteiger partial charge on any atom is -0.351 e. The van der Waals surface area contributed by atoms with Gasteiger partial charge < -0.3 is 10.2 Å². The molecule has 0 bridgehead atoms. The summed E-state index contributed by atoms with van der Waals surface area (Å²) in [5.74, 6) is 0.456. The van der Waals surface area contributed by atoms with Gasteiger partial charge in [-0.05, 0) is 48.7 Å². The van der Waals surface area contributed by atoms with Crippen molar-refractivity contribution in [2.45, 2.75) is 25.8 Å². The Morgan fingerprint density at radius 1 is 1.21 bits per heavy atom. The topological polar surface area (TPSA) is 32.3 Å². The zero-order valence-electron chi connectivity index (χ0n) is 14.8. The summed E-state index contributed by atoms with van der Waals surface area (Å²) in [5.41, 5.74) is 2.35. The number of nitrogens with one attached hydrogen (secondary N) is 1. The van der Waals surface area contributed by atoms with E-state index < -0.39 is 0 Å². The van der Waals surface area contributed by atoms with E-state index in [1.807, 2.05) is 38.4 Å². The van der Waals surface area contributed by atoms with Crippen LogP contribution in [0.15, 0.2) is 47.9 Å². The first-order chi connectivity index (χ1) is 11.5. The van der Waals surface area contributed by atoms with Gasteiger partial charge in [-0.25, -0.2) is 0 Å². The molecular weight excluding hydrogens is 316 g/mol. The molecule has 2 aromatic rings. The Hall–Kier alpha value is -1.91. The third-order valence-corrected chi connectivity index (χ3v) is 4.97. The SMILES string of the molecule is CC(C)c1ccc(/C=C/C(=O)NCC(c2cccs2)N(C)C)cc1. The molecule has 1 unspecified atom stereocenters. The Morgan fingerprint density at radius 2 is 1.92 bits per heavy atom. The van der Waals surface area contributed by atoms with E-state index in [0.29, 0.717) is 12.5 Å². The second-order valence-electron chi connectivity index (χ2n) is 6.39. The quantitative estimate of drug-likeness (QED) is 0.761. The fourth-order valence-electron chi connectivity index (χ4n) is 2.44. The molecule has 0 spiro atoms. The molecule has 4 heteroatoms. The van der Waals surface area contributed by atoms with Crippen LogP contribution < -0.4 is 5.32 Å². The molecule has 0 radical (unpaired) electrons. The zero-order chi connectivity index (χ0) is 17.5. The lowest BCUT2D eigenvalue weighted by Crippen LogP contribution is -2.33. The van der Waals surface area contributed by atoms with Gasteiger partial charge in [0.1, 0.15) is 0 Å². The van der Waals surface area contributed by atoms with Gasteiger partial charge in [0.15, 0.2) is 0 Å². The Morgan fingerprint density at radius 3 is 2.46 bits per heavy atom. The lowest BCUT2D eigenvalue weighted by atomic mass is 10.0. The standard InChI is InChI=1S/C20H26N2OS/c1-15(2)17-10-7-16(8-11-17)9-12-20(23)21-14-18(22(3)4)19-6-5-13-24-19/h5-13,15,18H,14H2,1-4H3,(H,21,23)/b12-9+. The monoisotopic (exact) mass is 342 g/mol. The molecule has 1 amide bonds. The molecule has 1 N–H and O–H groups in total. The van der Waals surface area contributed by atoms with Crippen molar-refractivity contribution in [2.75, 3.05) is 20.6 Å². The van der Waals surface area contributed by atoms with Crippen LogP contribution in [0.2, 0.25) is 0 Å². The van der Waals surface area contributed by atoms with E-state index in [0.717, 1.165) is 5.56 Å². The lowest BCUT2D eigenvalue weighted by Gasteiger charge is -2.23. The number of nitrogens with zero attached hydrogens (tertiary/aromatic N) is 1. The average molecular weight is 343 g/mol. The summed E-state index contributed by atoms with van der Waals surface area (Å²) in [6.45, 7) is 4.95. The first-order valence-electron chi connectivity index (χ1n) is 8.23. The van der Waals surface area contributed by atoms with Crippen LogP contribution in [0.5, 0.6) is 0 Å². The number of benzene rings is 1. The maximum absolute atomic E-state index is 12.1. The molecule has 1 aromatic carbocycles. The molecule has 24 heavy (non-hydrogen) atoms. The van der Waals surface area contributed by atoms with E-state index in [-0.39, 0.29) is 11.9 Å². The van der Waals surface area contributed by atoms with Crippen molar-refractivity contribution < 1.29 is 4.79 Å². The summed E-state index contributed by atoms with van der Waals surface area (Å²) >= 11 is 1.71. The smallest absolute Gasteiger partial charge is 0.244 e. The Kier molecular flexibility index (Phi) is 6.76. The van der Waals surface area contributed by atoms with Crippen molar-refractivity contribution >= 4 is 23.3 Å². The maximum atomic E-state index is 12.1. The van der Waals surface area contributed by atoms with E-state index >= 15 is 0 Å². The average Bonchev–Trinajstić information content (AvgIpc) is 3.07. The number of carbonyl (C=O) groups excluding carboxylic acids is 1. The summed E-state index contributed by atoms with van der Waals surface area (Å²) < 4.78 is 0. The minimum atomic E-state index is -0.0636. The summed E-state index contributed by atoms with van der Waals surface area (Å²) in [4.78, 5) is 15.5. The molecule has 128 valence electrons. The highest BCUT2D eigenvalue weighted by Crippen LogP contribution is 2.22. The predicted octanol–water partition coefficient (Wildman–Crippen LogP) is 4.30. The molecule has 0 aliphatic carbocycles. The second kappa shape index (κ2) is 8.81. The number of likely N-dealkylation sites (N-methyl/N-ethyl adjacent to an activating group) is 1. The zero-order valence-corrected chi connectivity index (χ0v) is 15.6. The molecule has 1 heterocycles. The van der Waals surface area contributed by atoms with Gasteiger partial charge in [0.2, 0.25) is 5.91 Å². The van der Waals surface area contributed by atoms with Crippen LogP contribution in [0.1, 0.15) is 41.8 Å². The summed E-state index contributed by atoms with van der Waals surface area (Å²) in [5, 5.41) is 5.06. The first kappa shape index (κ1) is 18.4. The molecule has 2 rings (SSSR count). The van der Waals surface area contributed by atoms with Crippen molar-refractivity contribution in [2.24, 2.45) is 0 Å². The van der Waals surface area contributed by atoms with Crippen LogP contribution in [0.25, 0.3) is 6.08 Å². The Bertz CT molecular complexity index is 657. The fraction of sp³-hybridized carbons (Fsp3) is 0.350. The third-order valence-electron chi connectivity index (χ3n) is 3.99. The molecule has 0 fully saturated rings. The van der Waals surface area contributed by atoms with Crippen LogP contribution in [0.3, 0.4) is 0 Å². The number of carbonyl (C=O) groups is 1. The molecule has 0 saturated carbocycles. The molecule has 0 aliphatic rings. The number of hydrogen-bond acceptors (Lipinski definition) is 3. The molecule has 1 aromatic heterocycles. The molecule has 1 atom stereocenters. The molecule has 3 nitrogen and oxygen atoms in total. The van der Waals surface area contributed by atoms with E-state index in [9.17, 15) is 4.79 Å². The van der Waals surface area contributed by atoms with Crippen molar-refractivity contribution in [3.8, 4) is 0 Å². The van der Waals surface area contributed by atoms with Gasteiger partial charge in [0.05, 0.1) is 6.04 Å². The Balaban J connectivity index is 1.90. The highest BCUT2D eigenvalue weighted by atomic mass is 32.1. The number of thiophene rings is 1. The van der Waals surface area contributed by atoms with Crippen LogP contribution in [-0.4, -0.2) is 31.4 Å². The summed E-state index contributed by atoms with van der Waals surface area (Å²) in [6.07, 6.45) is 3.46.